The summed E-state index contributed by atoms with van der Waals surface area (Å²) in [6, 6.07) is -2.93. The molecule has 0 aromatic carbocycles. The van der Waals surface area contributed by atoms with E-state index in [2.05, 4.69) is 13.8 Å². The van der Waals surface area contributed by atoms with Crippen LogP contribution in [0, 0.1) is 11.8 Å². The number of nitrogens with two attached hydrogens (primary N) is 1. The number of likely N-dealkylation sites (N-methyl/N-ethyl adjacent to an activating group) is 2. The topological polar surface area (TPSA) is 410 Å². The number of hydrogen-bond donors (Lipinski definition) is 7. The molecule has 0 aliphatic carbocycles. The molecule has 0 spiro atoms. The number of carbonyl (C=O) groups excluding carboxylic acids is 4. The zero-order valence-electron chi connectivity index (χ0n) is 47.6. The molecule has 31 heteroatoms. The fraction of sp³-hybridized carbons (Fsp3) is 0.824. The fourth-order valence-corrected chi connectivity index (χ4v) is 11.3. The van der Waals surface area contributed by atoms with Crippen LogP contribution in [0.25, 0.3) is 0 Å². The van der Waals surface area contributed by atoms with E-state index in [4.69, 9.17) is 57.3 Å². The van der Waals surface area contributed by atoms with E-state index in [1.165, 1.54) is 28.4 Å². The van der Waals surface area contributed by atoms with E-state index >= 15 is 0 Å². The van der Waals surface area contributed by atoms with Gasteiger partial charge >= 0.3 is 40.0 Å². The van der Waals surface area contributed by atoms with Gasteiger partial charge in [-0.1, -0.05) is 59.3 Å². The SMILES string of the molecule is COC1C(C)OC(OC(=O)CC(C)CC(=O)OC(CCCCCCCCC(C)C)CC(=O)OC2CN(C)C(C(OC3OC(CN)C(O)C3OS(=O)(=O)O)C3OC(n4ccc(=O)[nH]c4=O)C(O)C3O)C(=O)N(C)C2C(=O)O)C(OC)C1OC. The largest absolute Gasteiger partial charge is 0.480 e. The maximum absolute atomic E-state index is 14.8. The number of ether oxygens (including phenoxy) is 10. The van der Waals surface area contributed by atoms with Crippen molar-refractivity contribution in [3.63, 3.8) is 0 Å². The molecule has 1 aromatic heterocycles. The van der Waals surface area contributed by atoms with Crippen molar-refractivity contribution in [3.8, 4) is 0 Å². The van der Waals surface area contributed by atoms with E-state index in [1.807, 2.05) is 4.98 Å². The van der Waals surface area contributed by atoms with Gasteiger partial charge in [0.15, 0.2) is 24.7 Å². The predicted molar refractivity (Wildman–Crippen MR) is 280 cm³/mol. The number of nitrogens with zero attached hydrogens (tertiary/aromatic N) is 3. The molecule has 19 atom stereocenters. The molecular formula is C51H83N5O25S. The Morgan fingerprint density at radius 2 is 1.39 bits per heavy atom. The summed E-state index contributed by atoms with van der Waals surface area (Å²) in [5.74, 6) is -5.37. The number of H-pyrrole nitrogens is 1. The van der Waals surface area contributed by atoms with Crippen molar-refractivity contribution in [2.75, 3.05) is 48.5 Å². The first-order valence-electron chi connectivity index (χ1n) is 27.3. The van der Waals surface area contributed by atoms with Crippen LogP contribution < -0.4 is 17.0 Å². The second-order valence-corrected chi connectivity index (χ2v) is 22.8. The van der Waals surface area contributed by atoms with E-state index in [0.717, 1.165) is 62.7 Å². The van der Waals surface area contributed by atoms with Crippen molar-refractivity contribution in [2.45, 2.75) is 209 Å². The average Bonchev–Trinajstić information content (AvgIpc) is 3.96. The van der Waals surface area contributed by atoms with Crippen molar-refractivity contribution in [1.29, 1.82) is 0 Å². The first-order chi connectivity index (χ1) is 38.6. The number of aliphatic hydroxyl groups is 3. The molecule has 0 bridgehead atoms. The van der Waals surface area contributed by atoms with E-state index in [1.54, 1.807) is 13.8 Å². The molecule has 1 aromatic rings. The van der Waals surface area contributed by atoms with Crippen molar-refractivity contribution in [2.24, 2.45) is 17.6 Å². The Morgan fingerprint density at radius 1 is 0.780 bits per heavy atom. The summed E-state index contributed by atoms with van der Waals surface area (Å²) in [6.07, 6.45) is -17.8. The molecule has 19 unspecified atom stereocenters. The third-order valence-corrected chi connectivity index (χ3v) is 15.5. The van der Waals surface area contributed by atoms with Gasteiger partial charge in [0.2, 0.25) is 12.2 Å². The molecule has 4 aliphatic heterocycles. The van der Waals surface area contributed by atoms with Crippen molar-refractivity contribution in [1.82, 2.24) is 19.4 Å². The van der Waals surface area contributed by atoms with Gasteiger partial charge in [-0.2, -0.15) is 8.42 Å². The molecule has 468 valence electrons. The molecule has 4 fully saturated rings. The number of aromatic nitrogens is 2. The van der Waals surface area contributed by atoms with Crippen LogP contribution in [-0.4, -0.2) is 235 Å². The summed E-state index contributed by atoms with van der Waals surface area (Å²) in [5, 5.41) is 44.6. The summed E-state index contributed by atoms with van der Waals surface area (Å²) in [5.41, 5.74) is 3.82. The summed E-state index contributed by atoms with van der Waals surface area (Å²) >= 11 is 0. The predicted octanol–water partition coefficient (Wildman–Crippen LogP) is -1.26. The van der Waals surface area contributed by atoms with E-state index < -0.39 is 187 Å². The number of carbonyl (C=O) groups is 5. The highest BCUT2D eigenvalue weighted by Gasteiger charge is 2.58. The van der Waals surface area contributed by atoms with Gasteiger partial charge in [-0.3, -0.25) is 43.0 Å². The normalized spacial score (nSPS) is 32.0. The van der Waals surface area contributed by atoms with Crippen LogP contribution in [0.15, 0.2) is 21.9 Å². The molecule has 1 amide bonds. The molecule has 5 heterocycles. The van der Waals surface area contributed by atoms with Crippen molar-refractivity contribution >= 4 is 40.2 Å². The highest BCUT2D eigenvalue weighted by atomic mass is 32.3. The number of amides is 1. The van der Waals surface area contributed by atoms with Crippen molar-refractivity contribution < 1.29 is 109 Å². The number of nitrogens with one attached hydrogen (secondary N) is 1. The lowest BCUT2D eigenvalue weighted by Gasteiger charge is -2.43. The number of esters is 3. The number of carboxylic acids is 1. The number of aromatic amines is 1. The number of rotatable bonds is 30. The quantitative estimate of drug-likeness (QED) is 0.0205. The van der Waals surface area contributed by atoms with Crippen LogP contribution in [0.1, 0.15) is 105 Å². The van der Waals surface area contributed by atoms with Gasteiger partial charge in [-0.05, 0) is 38.6 Å². The lowest BCUT2D eigenvalue weighted by atomic mass is 9.97. The number of unbranched alkanes of at least 4 members (excludes halogenated alkanes) is 5. The van der Waals surface area contributed by atoms with E-state index in [9.17, 15) is 67.0 Å². The minimum atomic E-state index is -5.39. The van der Waals surface area contributed by atoms with Gasteiger partial charge in [0.05, 0.1) is 12.5 Å². The molecule has 82 heavy (non-hydrogen) atoms. The third-order valence-electron chi connectivity index (χ3n) is 15.0. The lowest BCUT2D eigenvalue weighted by Crippen LogP contribution is -2.60. The standard InChI is InChI=1S/C51H83N5O25S/c1-25(2)16-14-12-10-11-13-15-17-28(75-32(58)20-26(3)21-33(59)78-50-45(73-9)44(72-8)40(71-7)27(4)74-50)22-34(60)76-30-24-54(5)36(46(64)55(6)35(30)48(65)66)41(80-49-43(81-82(68,69)70)37(61)29(23-52)77-49)42-38(62)39(63)47(79-42)56-19-18-31(57)53-51(56)67/h18-19,25-30,35-45,47,49-50,61-63H,10-17,20-24,52H2,1-9H3,(H,65,66)(H,53,57,67)(H,68,69,70). The van der Waals surface area contributed by atoms with Crippen LogP contribution >= 0.6 is 0 Å². The van der Waals surface area contributed by atoms with Gasteiger partial charge < -0.3 is 78.4 Å². The van der Waals surface area contributed by atoms with Crippen molar-refractivity contribution in [3.05, 3.63) is 33.1 Å². The molecule has 5 rings (SSSR count). The van der Waals surface area contributed by atoms with Gasteiger partial charge in [0.1, 0.15) is 73.2 Å². The zero-order chi connectivity index (χ0) is 60.9. The lowest BCUT2D eigenvalue weighted by molar-refractivity contribution is -0.297. The summed E-state index contributed by atoms with van der Waals surface area (Å²) in [7, 11) is 1.28. The fourth-order valence-electron chi connectivity index (χ4n) is 10.8. The maximum atomic E-state index is 14.8. The number of carboxylic acid groups (broad SMARTS) is 1. The molecule has 4 saturated heterocycles. The van der Waals surface area contributed by atoms with E-state index in [0.29, 0.717) is 21.8 Å². The van der Waals surface area contributed by atoms with Crippen LogP contribution in [-0.2, 0) is 85.9 Å². The third kappa shape index (κ3) is 18.0. The first kappa shape index (κ1) is 68.2. The number of aliphatic hydroxyl groups excluding tert-OH is 3. The van der Waals surface area contributed by atoms with Crippen LogP contribution in [0.2, 0.25) is 0 Å². The molecule has 30 nitrogen and oxygen atoms in total. The van der Waals surface area contributed by atoms with Gasteiger partial charge in [-0.25, -0.2) is 13.8 Å². The van der Waals surface area contributed by atoms with Gasteiger partial charge in [0.25, 0.3) is 5.56 Å². The highest BCUT2D eigenvalue weighted by Crippen LogP contribution is 2.38. The summed E-state index contributed by atoms with van der Waals surface area (Å²) in [4.78, 5) is 97.6. The monoisotopic (exact) mass is 1200 g/mol. The molecule has 4 aliphatic rings. The number of aliphatic carboxylic acids is 1. The van der Waals surface area contributed by atoms with E-state index in [-0.39, 0.29) is 19.3 Å². The minimum absolute atomic E-state index is 0.182. The van der Waals surface area contributed by atoms with Gasteiger partial charge in [-0.15, -0.1) is 0 Å². The Labute approximate surface area is 474 Å². The van der Waals surface area contributed by atoms with Crippen LogP contribution in [0.5, 0.6) is 0 Å². The summed E-state index contributed by atoms with van der Waals surface area (Å²) in [6.45, 7) is 6.55. The maximum Gasteiger partial charge on any atom is 0.397 e. The Bertz CT molecular complexity index is 2500. The Balaban J connectivity index is 1.38. The zero-order valence-corrected chi connectivity index (χ0v) is 48.4. The Kier molecular flexibility index (Phi) is 25.8. The number of methoxy groups -OCH3 is 3. The Morgan fingerprint density at radius 3 is 1.98 bits per heavy atom. The molecule has 0 saturated carbocycles. The molecular weight excluding hydrogens is 1110 g/mol. The first-order valence-corrected chi connectivity index (χ1v) is 28.7. The molecule has 0 radical (unpaired) electrons. The number of hydrogen-bond acceptors (Lipinski definition) is 25. The second-order valence-electron chi connectivity index (χ2n) is 21.7. The average molecular weight is 1200 g/mol. The van der Waals surface area contributed by atoms with Gasteiger partial charge in [0, 0.05) is 66.6 Å². The van der Waals surface area contributed by atoms with Crippen LogP contribution in [0.3, 0.4) is 0 Å². The Hall–Kier alpha value is -4.58. The highest BCUT2D eigenvalue weighted by molar-refractivity contribution is 7.80. The van der Waals surface area contributed by atoms with Crippen LogP contribution in [0.4, 0.5) is 0 Å². The smallest absolute Gasteiger partial charge is 0.397 e. The molecule has 8 N–H and O–H groups in total. The second kappa shape index (κ2) is 31.0. The summed E-state index contributed by atoms with van der Waals surface area (Å²) < 4.78 is 96.9. The minimum Gasteiger partial charge on any atom is -0.480 e.